The average Bonchev–Trinajstić information content (AvgIpc) is 2.77. The molecule has 0 atom stereocenters. The molecule has 6 aliphatic heterocycles. The Bertz CT molecular complexity index is 691. The van der Waals surface area contributed by atoms with Gasteiger partial charge in [-0.25, -0.2) is 0 Å². The highest BCUT2D eigenvalue weighted by atomic mass is 28.6. The lowest BCUT2D eigenvalue weighted by atomic mass is 11.0. The van der Waals surface area contributed by atoms with Gasteiger partial charge in [0.1, 0.15) is 0 Å². The molecule has 0 aromatic rings. The monoisotopic (exact) mass is 620 g/mol. The smallest absolute Gasteiger partial charge is 0.376 e. The first kappa shape index (κ1) is 26.8. The summed E-state index contributed by atoms with van der Waals surface area (Å²) in [5.74, 6) is 0. The maximum Gasteiger partial charge on any atom is 0.478 e. The van der Waals surface area contributed by atoms with Crippen molar-refractivity contribution < 1.29 is 49.4 Å². The van der Waals surface area contributed by atoms with E-state index in [4.69, 9.17) is 49.4 Å². The fourth-order valence-electron chi connectivity index (χ4n) is 4.65. The molecule has 6 fully saturated rings. The van der Waals surface area contributed by atoms with Crippen molar-refractivity contribution >= 4 is 71.2 Å². The zero-order chi connectivity index (χ0) is 24.5. The van der Waals surface area contributed by atoms with Crippen LogP contribution in [0.25, 0.3) is 0 Å². The number of hydrogen-bond donors (Lipinski definition) is 0. The van der Waals surface area contributed by atoms with E-state index in [1.807, 2.05) is 48.5 Å². The van der Waals surface area contributed by atoms with E-state index in [2.05, 4.69) is 0 Å². The van der Waals surface area contributed by atoms with Gasteiger partial charge in [0, 0.05) is 42.3 Å². The molecule has 34 heavy (non-hydrogen) atoms. The van der Waals surface area contributed by atoms with Crippen LogP contribution >= 0.6 is 0 Å². The minimum Gasteiger partial charge on any atom is -0.376 e. The first-order valence-corrected chi connectivity index (χ1v) is 27.4. The highest BCUT2D eigenvalue weighted by Crippen LogP contribution is 2.50. The summed E-state index contributed by atoms with van der Waals surface area (Å²) in [5, 5.41) is 0. The van der Waals surface area contributed by atoms with Crippen LogP contribution in [0.4, 0.5) is 0 Å². The first-order chi connectivity index (χ1) is 16.1. The molecule has 8 bridgehead atoms. The number of rotatable bonds is 7. The van der Waals surface area contributed by atoms with Crippen LogP contribution in [-0.2, 0) is 49.4 Å². The SMILES string of the molecule is CC[Si]12O[SiH]3O[Si]4(CC)O[Si](CC)(O1)O[Si]1(CC)O[Si](CC)(O2)O[Si](CC)(O3)O[Si](CC)(O4)O1. The topological polar surface area (TPSA) is 111 Å². The maximum absolute atomic E-state index is 6.94. The maximum atomic E-state index is 6.94. The largest absolute Gasteiger partial charge is 0.478 e. The quantitative estimate of drug-likeness (QED) is 0.390. The first-order valence-electron chi connectivity index (χ1n) is 12.4. The molecule has 0 aromatic carbocycles. The highest BCUT2D eigenvalue weighted by Gasteiger charge is 2.79. The lowest BCUT2D eigenvalue weighted by molar-refractivity contribution is -0.0208. The van der Waals surface area contributed by atoms with Crippen LogP contribution in [0.15, 0.2) is 0 Å². The molecule has 0 aliphatic carbocycles. The van der Waals surface area contributed by atoms with E-state index in [-0.39, 0.29) is 0 Å². The Labute approximate surface area is 210 Å². The third-order valence-electron chi connectivity index (χ3n) is 6.66. The molecule has 6 rings (SSSR count). The van der Waals surface area contributed by atoms with Gasteiger partial charge >= 0.3 is 71.2 Å². The van der Waals surface area contributed by atoms with E-state index in [0.717, 1.165) is 0 Å². The highest BCUT2D eigenvalue weighted by molar-refractivity contribution is 7.01. The molecule has 12 nitrogen and oxygen atoms in total. The van der Waals surface area contributed by atoms with Crippen LogP contribution in [-0.4, -0.2) is 71.2 Å². The summed E-state index contributed by atoms with van der Waals surface area (Å²) in [6.07, 6.45) is 0. The Morgan fingerprint density at radius 3 is 0.676 bits per heavy atom. The van der Waals surface area contributed by atoms with Crippen molar-refractivity contribution in [3.05, 3.63) is 0 Å². The van der Waals surface area contributed by atoms with E-state index in [0.29, 0.717) is 42.3 Å². The van der Waals surface area contributed by atoms with Gasteiger partial charge in [0.2, 0.25) is 0 Å². The zero-order valence-electron chi connectivity index (χ0n) is 20.9. The van der Waals surface area contributed by atoms with E-state index < -0.39 is 71.2 Å². The van der Waals surface area contributed by atoms with E-state index in [1.165, 1.54) is 0 Å². The molecule has 6 aliphatic rings. The van der Waals surface area contributed by atoms with Crippen molar-refractivity contribution in [1.29, 1.82) is 0 Å². The van der Waals surface area contributed by atoms with Gasteiger partial charge in [-0.2, -0.15) is 0 Å². The van der Waals surface area contributed by atoms with Crippen LogP contribution in [0.3, 0.4) is 0 Å². The Balaban J connectivity index is 1.82. The molecule has 196 valence electrons. The van der Waals surface area contributed by atoms with Gasteiger partial charge in [-0.1, -0.05) is 48.5 Å². The van der Waals surface area contributed by atoms with Crippen LogP contribution in [0.1, 0.15) is 48.5 Å². The molecule has 6 heterocycles. The van der Waals surface area contributed by atoms with Crippen molar-refractivity contribution in [2.24, 2.45) is 0 Å². The minimum atomic E-state index is -3.50. The van der Waals surface area contributed by atoms with Crippen molar-refractivity contribution in [3.63, 3.8) is 0 Å². The fourth-order valence-corrected chi connectivity index (χ4v) is 51.4. The van der Waals surface area contributed by atoms with Gasteiger partial charge in [0.25, 0.3) is 0 Å². The standard InChI is InChI=1S/C14H36O12Si8/c1-8-28-15-27-16-29(9-2)20-31(11-4,18-28)24-34(14-7)25-32(12-5,19-28)21-30(10-3,17-27)23-33(13-6,22-29)26-34/h27H,8-14H2,1-7H3. The van der Waals surface area contributed by atoms with Crippen molar-refractivity contribution in [1.82, 2.24) is 0 Å². The summed E-state index contributed by atoms with van der Waals surface area (Å²) in [5.41, 5.74) is 0. The van der Waals surface area contributed by atoms with Gasteiger partial charge in [0.15, 0.2) is 0 Å². The van der Waals surface area contributed by atoms with E-state index in [1.54, 1.807) is 0 Å². The molecular formula is C14H36O12Si8. The summed E-state index contributed by atoms with van der Waals surface area (Å²) in [7, 11) is -27.2. The van der Waals surface area contributed by atoms with Crippen LogP contribution in [0, 0.1) is 0 Å². The van der Waals surface area contributed by atoms with E-state index in [9.17, 15) is 0 Å². The molecule has 0 saturated carbocycles. The molecule has 0 aromatic heterocycles. The normalized spacial score (nSPS) is 54.3. The molecule has 20 heteroatoms. The van der Waals surface area contributed by atoms with Crippen LogP contribution < -0.4 is 0 Å². The molecule has 6 saturated heterocycles. The molecular weight excluding hydrogens is 585 g/mol. The van der Waals surface area contributed by atoms with E-state index >= 15 is 0 Å². The van der Waals surface area contributed by atoms with Gasteiger partial charge in [-0.05, 0) is 0 Å². The summed E-state index contributed by atoms with van der Waals surface area (Å²) >= 11 is 0. The van der Waals surface area contributed by atoms with Crippen LogP contribution in [0.2, 0.25) is 42.3 Å². The summed E-state index contributed by atoms with van der Waals surface area (Å²) in [6, 6.07) is 3.32. The Hall–Kier alpha value is 1.26. The van der Waals surface area contributed by atoms with Crippen LogP contribution in [0.5, 0.6) is 0 Å². The van der Waals surface area contributed by atoms with Gasteiger partial charge in [-0.3, -0.25) is 0 Å². The van der Waals surface area contributed by atoms with Crippen molar-refractivity contribution in [2.75, 3.05) is 0 Å². The summed E-state index contributed by atoms with van der Waals surface area (Å²) in [6.45, 7) is 13.9. The fraction of sp³-hybridized carbons (Fsp3) is 1.00. The lowest BCUT2D eigenvalue weighted by Gasteiger charge is -2.61. The second-order valence-corrected chi connectivity index (χ2v) is 34.1. The predicted molar refractivity (Wildman–Crippen MR) is 134 cm³/mol. The van der Waals surface area contributed by atoms with Gasteiger partial charge < -0.3 is 49.4 Å². The minimum absolute atomic E-state index is 0.472. The summed E-state index contributed by atoms with van der Waals surface area (Å²) in [4.78, 5) is 0. The zero-order valence-corrected chi connectivity index (χ0v) is 29.1. The predicted octanol–water partition coefficient (Wildman–Crippen LogP) is 2.68. The Kier molecular flexibility index (Phi) is 7.02. The molecule has 0 N–H and O–H groups in total. The second kappa shape index (κ2) is 8.90. The molecule has 0 radical (unpaired) electrons. The summed E-state index contributed by atoms with van der Waals surface area (Å²) < 4.78 is 82.1. The third-order valence-corrected chi connectivity index (χ3v) is 41.7. The number of hydrogen-bond acceptors (Lipinski definition) is 12. The Morgan fingerprint density at radius 2 is 0.500 bits per heavy atom. The van der Waals surface area contributed by atoms with Gasteiger partial charge in [-0.15, -0.1) is 0 Å². The van der Waals surface area contributed by atoms with Gasteiger partial charge in [0.05, 0.1) is 0 Å². The van der Waals surface area contributed by atoms with Crippen molar-refractivity contribution in [2.45, 2.75) is 90.8 Å². The molecule has 0 spiro atoms. The third kappa shape index (κ3) is 4.15. The van der Waals surface area contributed by atoms with Crippen molar-refractivity contribution in [3.8, 4) is 0 Å². The second-order valence-electron chi connectivity index (χ2n) is 8.82. The average molecular weight is 621 g/mol. The molecule has 0 unspecified atom stereocenters. The Morgan fingerprint density at radius 1 is 0.324 bits per heavy atom. The lowest BCUT2D eigenvalue weighted by Crippen LogP contribution is -2.86. The molecule has 0 amide bonds.